The van der Waals surface area contributed by atoms with Gasteiger partial charge in [0.05, 0.1) is 0 Å². The predicted molar refractivity (Wildman–Crippen MR) is 85.0 cm³/mol. The normalized spacial score (nSPS) is 15.3. The molecule has 0 unspecified atom stereocenters. The highest BCUT2D eigenvalue weighted by Crippen LogP contribution is 2.21. The minimum absolute atomic E-state index is 0.776. The average molecular weight is 271 g/mol. The molecule has 0 amide bonds. The van der Waals surface area contributed by atoms with Crippen molar-refractivity contribution in [3.63, 3.8) is 0 Å². The van der Waals surface area contributed by atoms with Crippen molar-refractivity contribution in [2.24, 2.45) is 0 Å². The SMILES string of the molecule is CN(C)CCCn1ccc2ccc(CNC3CC3)cc21. The van der Waals surface area contributed by atoms with Crippen molar-refractivity contribution in [2.75, 3.05) is 20.6 Å². The monoisotopic (exact) mass is 271 g/mol. The summed E-state index contributed by atoms with van der Waals surface area (Å²) >= 11 is 0. The minimum Gasteiger partial charge on any atom is -0.347 e. The van der Waals surface area contributed by atoms with Crippen LogP contribution in [0.2, 0.25) is 0 Å². The Morgan fingerprint density at radius 1 is 1.25 bits per heavy atom. The second kappa shape index (κ2) is 5.98. The van der Waals surface area contributed by atoms with Gasteiger partial charge in [-0.05, 0) is 63.0 Å². The molecule has 1 aromatic heterocycles. The first-order valence-electron chi connectivity index (χ1n) is 7.68. The van der Waals surface area contributed by atoms with Crippen molar-refractivity contribution in [3.05, 3.63) is 36.0 Å². The van der Waals surface area contributed by atoms with Crippen LogP contribution in [0.4, 0.5) is 0 Å². The van der Waals surface area contributed by atoms with Crippen LogP contribution in [0.25, 0.3) is 10.9 Å². The Morgan fingerprint density at radius 2 is 2.10 bits per heavy atom. The number of benzene rings is 1. The van der Waals surface area contributed by atoms with Crippen LogP contribution in [0.5, 0.6) is 0 Å². The highest BCUT2D eigenvalue weighted by atomic mass is 15.1. The summed E-state index contributed by atoms with van der Waals surface area (Å²) in [5.74, 6) is 0. The minimum atomic E-state index is 0.776. The van der Waals surface area contributed by atoms with Gasteiger partial charge in [-0.15, -0.1) is 0 Å². The number of hydrogen-bond acceptors (Lipinski definition) is 2. The maximum Gasteiger partial charge on any atom is 0.0483 e. The highest BCUT2D eigenvalue weighted by Gasteiger charge is 2.19. The fraction of sp³-hybridized carbons (Fsp3) is 0.529. The smallest absolute Gasteiger partial charge is 0.0483 e. The molecule has 1 aliphatic rings. The summed E-state index contributed by atoms with van der Waals surface area (Å²) in [6.45, 7) is 3.24. The average Bonchev–Trinajstić information content (AvgIpc) is 3.18. The molecule has 1 heterocycles. The zero-order chi connectivity index (χ0) is 13.9. The van der Waals surface area contributed by atoms with Gasteiger partial charge in [0.15, 0.2) is 0 Å². The molecule has 0 bridgehead atoms. The van der Waals surface area contributed by atoms with Gasteiger partial charge in [0, 0.05) is 30.8 Å². The van der Waals surface area contributed by atoms with Crippen LogP contribution in [-0.4, -0.2) is 36.1 Å². The maximum absolute atomic E-state index is 3.59. The van der Waals surface area contributed by atoms with Gasteiger partial charge < -0.3 is 14.8 Å². The lowest BCUT2D eigenvalue weighted by Crippen LogP contribution is -2.15. The van der Waals surface area contributed by atoms with E-state index in [-0.39, 0.29) is 0 Å². The lowest BCUT2D eigenvalue weighted by molar-refractivity contribution is 0.388. The summed E-state index contributed by atoms with van der Waals surface area (Å²) in [7, 11) is 4.27. The third-order valence-electron chi connectivity index (χ3n) is 4.01. The molecule has 0 saturated heterocycles. The quantitative estimate of drug-likeness (QED) is 0.835. The second-order valence-electron chi connectivity index (χ2n) is 6.21. The summed E-state index contributed by atoms with van der Waals surface area (Å²) < 4.78 is 2.39. The van der Waals surface area contributed by atoms with E-state index < -0.39 is 0 Å². The first kappa shape index (κ1) is 13.7. The number of hydrogen-bond donors (Lipinski definition) is 1. The molecule has 1 aliphatic carbocycles. The van der Waals surface area contributed by atoms with Gasteiger partial charge in [-0.25, -0.2) is 0 Å². The zero-order valence-corrected chi connectivity index (χ0v) is 12.6. The third-order valence-corrected chi connectivity index (χ3v) is 4.01. The molecule has 0 radical (unpaired) electrons. The van der Waals surface area contributed by atoms with Crippen molar-refractivity contribution in [1.29, 1.82) is 0 Å². The Labute approximate surface area is 121 Å². The summed E-state index contributed by atoms with van der Waals surface area (Å²) in [5, 5.41) is 4.94. The van der Waals surface area contributed by atoms with Crippen LogP contribution in [0.1, 0.15) is 24.8 Å². The van der Waals surface area contributed by atoms with E-state index in [4.69, 9.17) is 0 Å². The molecule has 1 fully saturated rings. The fourth-order valence-corrected chi connectivity index (χ4v) is 2.64. The molecule has 20 heavy (non-hydrogen) atoms. The van der Waals surface area contributed by atoms with Gasteiger partial charge in [-0.3, -0.25) is 0 Å². The van der Waals surface area contributed by atoms with Crippen LogP contribution in [0.3, 0.4) is 0 Å². The standard InChI is InChI=1S/C17H25N3/c1-19(2)9-3-10-20-11-8-15-5-4-14(12-17(15)20)13-18-16-6-7-16/h4-5,8,11-12,16,18H,3,6-7,9-10,13H2,1-2H3. The zero-order valence-electron chi connectivity index (χ0n) is 12.6. The van der Waals surface area contributed by atoms with Crippen molar-refractivity contribution < 1.29 is 0 Å². The first-order valence-corrected chi connectivity index (χ1v) is 7.68. The second-order valence-corrected chi connectivity index (χ2v) is 6.21. The predicted octanol–water partition coefficient (Wildman–Crippen LogP) is 2.85. The fourth-order valence-electron chi connectivity index (χ4n) is 2.64. The Kier molecular flexibility index (Phi) is 4.08. The van der Waals surface area contributed by atoms with Gasteiger partial charge in [-0.2, -0.15) is 0 Å². The van der Waals surface area contributed by atoms with E-state index in [1.54, 1.807) is 0 Å². The van der Waals surface area contributed by atoms with E-state index in [1.165, 1.54) is 35.7 Å². The molecule has 0 spiro atoms. The number of rotatable bonds is 7. The van der Waals surface area contributed by atoms with Gasteiger partial charge >= 0.3 is 0 Å². The number of aryl methyl sites for hydroxylation is 1. The van der Waals surface area contributed by atoms with Crippen LogP contribution in [0, 0.1) is 0 Å². The van der Waals surface area contributed by atoms with Crippen molar-refractivity contribution in [3.8, 4) is 0 Å². The molecular weight excluding hydrogens is 246 g/mol. The summed E-state index contributed by atoms with van der Waals surface area (Å²) in [6, 6.07) is 9.85. The van der Waals surface area contributed by atoms with Gasteiger partial charge in [-0.1, -0.05) is 12.1 Å². The van der Waals surface area contributed by atoms with E-state index in [9.17, 15) is 0 Å². The number of nitrogens with zero attached hydrogens (tertiary/aromatic N) is 2. The van der Waals surface area contributed by atoms with E-state index in [0.717, 1.165) is 25.7 Å². The summed E-state index contributed by atoms with van der Waals surface area (Å²) in [5.41, 5.74) is 2.77. The third kappa shape index (κ3) is 3.41. The lowest BCUT2D eigenvalue weighted by Gasteiger charge is -2.11. The Balaban J connectivity index is 1.69. The van der Waals surface area contributed by atoms with E-state index in [0.29, 0.717) is 0 Å². The highest BCUT2D eigenvalue weighted by molar-refractivity contribution is 5.80. The first-order chi connectivity index (χ1) is 9.72. The molecule has 1 saturated carbocycles. The van der Waals surface area contributed by atoms with Crippen molar-refractivity contribution in [1.82, 2.24) is 14.8 Å². The van der Waals surface area contributed by atoms with E-state index in [1.807, 2.05) is 0 Å². The lowest BCUT2D eigenvalue weighted by atomic mass is 10.1. The Hall–Kier alpha value is -1.32. The van der Waals surface area contributed by atoms with Crippen LogP contribution in [-0.2, 0) is 13.1 Å². The van der Waals surface area contributed by atoms with Gasteiger partial charge in [0.2, 0.25) is 0 Å². The topological polar surface area (TPSA) is 20.2 Å². The largest absolute Gasteiger partial charge is 0.347 e. The molecule has 108 valence electrons. The molecule has 1 N–H and O–H groups in total. The van der Waals surface area contributed by atoms with E-state index >= 15 is 0 Å². The molecule has 0 aliphatic heterocycles. The van der Waals surface area contributed by atoms with Crippen molar-refractivity contribution in [2.45, 2.75) is 38.4 Å². The maximum atomic E-state index is 3.59. The van der Waals surface area contributed by atoms with Crippen LogP contribution >= 0.6 is 0 Å². The summed E-state index contributed by atoms with van der Waals surface area (Å²) in [6.07, 6.45) is 6.12. The van der Waals surface area contributed by atoms with Crippen LogP contribution < -0.4 is 5.32 Å². The van der Waals surface area contributed by atoms with Gasteiger partial charge in [0.25, 0.3) is 0 Å². The number of nitrogens with one attached hydrogen (secondary N) is 1. The molecule has 3 rings (SSSR count). The molecule has 0 atom stereocenters. The molecular formula is C17H25N3. The van der Waals surface area contributed by atoms with E-state index in [2.05, 4.69) is 59.3 Å². The van der Waals surface area contributed by atoms with Crippen LogP contribution in [0.15, 0.2) is 30.5 Å². The molecule has 1 aromatic carbocycles. The van der Waals surface area contributed by atoms with Gasteiger partial charge in [0.1, 0.15) is 0 Å². The Morgan fingerprint density at radius 3 is 2.85 bits per heavy atom. The molecule has 3 nitrogen and oxygen atoms in total. The summed E-state index contributed by atoms with van der Waals surface area (Å²) in [4.78, 5) is 2.25. The molecule has 2 aromatic rings. The number of aromatic nitrogens is 1. The van der Waals surface area contributed by atoms with Crippen molar-refractivity contribution >= 4 is 10.9 Å². The number of fused-ring (bicyclic) bond motifs is 1. The Bertz CT molecular complexity index is 567. The molecule has 3 heteroatoms.